The van der Waals surface area contributed by atoms with Crippen LogP contribution in [0.5, 0.6) is 5.75 Å². The molecule has 0 spiro atoms. The molecule has 0 saturated carbocycles. The van der Waals surface area contributed by atoms with Crippen molar-refractivity contribution < 1.29 is 9.53 Å². The van der Waals surface area contributed by atoms with E-state index in [1.807, 2.05) is 18.2 Å². The van der Waals surface area contributed by atoms with E-state index in [9.17, 15) is 4.79 Å². The van der Waals surface area contributed by atoms with Gasteiger partial charge in [0.1, 0.15) is 11.9 Å². The van der Waals surface area contributed by atoms with Crippen LogP contribution < -0.4 is 15.4 Å². The maximum atomic E-state index is 11.7. The quantitative estimate of drug-likeness (QED) is 0.886. The number of carbonyl (C=O) groups excluding carboxylic acids is 1. The average molecular weight is 248 g/mol. The number of benzene rings is 1. The minimum atomic E-state index is 0.0582. The lowest BCUT2D eigenvalue weighted by atomic mass is 10.1. The van der Waals surface area contributed by atoms with Crippen LogP contribution in [0.25, 0.3) is 0 Å². The standard InChI is InChI=1S/C14H20N2O2/c1-3-12-9-16(10(2)17)13-8-11(6-7-15)4-5-14(13)18-12/h4-5,8,12H,3,6-7,9,15H2,1-2H3. The van der Waals surface area contributed by atoms with Crippen LogP contribution in [0, 0.1) is 0 Å². The van der Waals surface area contributed by atoms with E-state index in [2.05, 4.69) is 6.92 Å². The topological polar surface area (TPSA) is 55.6 Å². The molecule has 1 amide bonds. The molecule has 0 aromatic heterocycles. The van der Waals surface area contributed by atoms with Crippen LogP contribution in [0.2, 0.25) is 0 Å². The second kappa shape index (κ2) is 5.40. The number of nitrogens with zero attached hydrogens (tertiary/aromatic N) is 1. The lowest BCUT2D eigenvalue weighted by Crippen LogP contribution is -2.42. The zero-order chi connectivity index (χ0) is 13.1. The second-order valence-electron chi connectivity index (χ2n) is 4.62. The summed E-state index contributed by atoms with van der Waals surface area (Å²) in [4.78, 5) is 13.5. The Morgan fingerprint density at radius 1 is 1.56 bits per heavy atom. The van der Waals surface area contributed by atoms with Crippen molar-refractivity contribution in [3.05, 3.63) is 23.8 Å². The molecule has 2 rings (SSSR count). The van der Waals surface area contributed by atoms with Crippen LogP contribution >= 0.6 is 0 Å². The first kappa shape index (κ1) is 12.9. The zero-order valence-electron chi connectivity index (χ0n) is 11.0. The zero-order valence-corrected chi connectivity index (χ0v) is 11.0. The van der Waals surface area contributed by atoms with Gasteiger partial charge in [-0.15, -0.1) is 0 Å². The molecule has 18 heavy (non-hydrogen) atoms. The molecule has 1 aliphatic heterocycles. The lowest BCUT2D eigenvalue weighted by molar-refractivity contribution is -0.117. The number of fused-ring (bicyclic) bond motifs is 1. The van der Waals surface area contributed by atoms with Crippen molar-refractivity contribution in [3.63, 3.8) is 0 Å². The van der Waals surface area contributed by atoms with Gasteiger partial charge in [0.15, 0.2) is 0 Å². The fourth-order valence-electron chi connectivity index (χ4n) is 2.23. The van der Waals surface area contributed by atoms with E-state index >= 15 is 0 Å². The molecule has 1 unspecified atom stereocenters. The first-order valence-electron chi connectivity index (χ1n) is 6.43. The Kier molecular flexibility index (Phi) is 3.87. The summed E-state index contributed by atoms with van der Waals surface area (Å²) in [5.74, 6) is 0.854. The van der Waals surface area contributed by atoms with Crippen molar-refractivity contribution in [2.24, 2.45) is 5.73 Å². The van der Waals surface area contributed by atoms with Crippen LogP contribution in [0.4, 0.5) is 5.69 Å². The van der Waals surface area contributed by atoms with Gasteiger partial charge in [-0.3, -0.25) is 4.79 Å². The fraction of sp³-hybridized carbons (Fsp3) is 0.500. The number of rotatable bonds is 3. The third-order valence-electron chi connectivity index (χ3n) is 3.26. The first-order chi connectivity index (χ1) is 8.65. The van der Waals surface area contributed by atoms with Gasteiger partial charge in [0, 0.05) is 6.92 Å². The summed E-state index contributed by atoms with van der Waals surface area (Å²) >= 11 is 0. The SMILES string of the molecule is CCC1CN(C(C)=O)c2cc(CCN)ccc2O1. The van der Waals surface area contributed by atoms with Crippen LogP contribution in [-0.4, -0.2) is 25.1 Å². The van der Waals surface area contributed by atoms with Gasteiger partial charge in [-0.25, -0.2) is 0 Å². The Morgan fingerprint density at radius 2 is 2.33 bits per heavy atom. The van der Waals surface area contributed by atoms with Crippen molar-refractivity contribution in [1.29, 1.82) is 0 Å². The molecule has 1 aliphatic rings. The highest BCUT2D eigenvalue weighted by atomic mass is 16.5. The van der Waals surface area contributed by atoms with Crippen molar-refractivity contribution in [3.8, 4) is 5.75 Å². The number of hydrogen-bond acceptors (Lipinski definition) is 3. The van der Waals surface area contributed by atoms with Gasteiger partial charge < -0.3 is 15.4 Å². The predicted octanol–water partition coefficient (Wildman–Crippen LogP) is 1.71. The average Bonchev–Trinajstić information content (AvgIpc) is 2.37. The molecule has 0 saturated heterocycles. The van der Waals surface area contributed by atoms with Crippen molar-refractivity contribution in [2.75, 3.05) is 18.0 Å². The van der Waals surface area contributed by atoms with E-state index in [4.69, 9.17) is 10.5 Å². The van der Waals surface area contributed by atoms with E-state index in [-0.39, 0.29) is 12.0 Å². The highest BCUT2D eigenvalue weighted by Crippen LogP contribution is 2.35. The van der Waals surface area contributed by atoms with Crippen molar-refractivity contribution in [2.45, 2.75) is 32.8 Å². The molecule has 0 radical (unpaired) electrons. The molecule has 1 aromatic rings. The van der Waals surface area contributed by atoms with Gasteiger partial charge in [0.2, 0.25) is 5.91 Å². The fourth-order valence-corrected chi connectivity index (χ4v) is 2.23. The molecule has 0 fully saturated rings. The van der Waals surface area contributed by atoms with Crippen LogP contribution in [-0.2, 0) is 11.2 Å². The maximum absolute atomic E-state index is 11.7. The molecular formula is C14H20N2O2. The monoisotopic (exact) mass is 248 g/mol. The van der Waals surface area contributed by atoms with Gasteiger partial charge in [-0.1, -0.05) is 13.0 Å². The third-order valence-corrected chi connectivity index (χ3v) is 3.26. The summed E-state index contributed by atoms with van der Waals surface area (Å²) in [5, 5.41) is 0. The van der Waals surface area contributed by atoms with E-state index in [0.717, 1.165) is 29.8 Å². The summed E-state index contributed by atoms with van der Waals surface area (Å²) in [5.41, 5.74) is 7.58. The molecule has 0 bridgehead atoms. The number of ether oxygens (including phenoxy) is 1. The van der Waals surface area contributed by atoms with Gasteiger partial charge in [-0.2, -0.15) is 0 Å². The van der Waals surface area contributed by atoms with Crippen LogP contribution in [0.1, 0.15) is 25.8 Å². The van der Waals surface area contributed by atoms with E-state index in [1.54, 1.807) is 11.8 Å². The van der Waals surface area contributed by atoms with E-state index in [0.29, 0.717) is 13.1 Å². The predicted molar refractivity (Wildman–Crippen MR) is 71.9 cm³/mol. The number of hydrogen-bond donors (Lipinski definition) is 1. The molecule has 2 N–H and O–H groups in total. The largest absolute Gasteiger partial charge is 0.486 e. The summed E-state index contributed by atoms with van der Waals surface area (Å²) in [6, 6.07) is 5.97. The van der Waals surface area contributed by atoms with E-state index in [1.165, 1.54) is 0 Å². The summed E-state index contributed by atoms with van der Waals surface area (Å²) < 4.78 is 5.87. The number of amides is 1. The van der Waals surface area contributed by atoms with Gasteiger partial charge in [-0.05, 0) is 37.1 Å². The number of nitrogens with two attached hydrogens (primary N) is 1. The van der Waals surface area contributed by atoms with Gasteiger partial charge in [0.05, 0.1) is 12.2 Å². The number of anilines is 1. The molecular weight excluding hydrogens is 228 g/mol. The summed E-state index contributed by atoms with van der Waals surface area (Å²) in [6.45, 7) is 4.90. The van der Waals surface area contributed by atoms with Gasteiger partial charge >= 0.3 is 0 Å². The minimum Gasteiger partial charge on any atom is -0.486 e. The maximum Gasteiger partial charge on any atom is 0.224 e. The highest BCUT2D eigenvalue weighted by molar-refractivity contribution is 5.93. The summed E-state index contributed by atoms with van der Waals surface area (Å²) in [7, 11) is 0. The third kappa shape index (κ3) is 2.48. The van der Waals surface area contributed by atoms with Gasteiger partial charge in [0.25, 0.3) is 0 Å². The molecule has 1 heterocycles. The molecule has 1 aromatic carbocycles. The molecule has 4 heteroatoms. The second-order valence-corrected chi connectivity index (χ2v) is 4.62. The minimum absolute atomic E-state index is 0.0582. The Labute approximate surface area is 108 Å². The molecule has 1 atom stereocenters. The van der Waals surface area contributed by atoms with Crippen LogP contribution in [0.15, 0.2) is 18.2 Å². The first-order valence-corrected chi connectivity index (χ1v) is 6.43. The van der Waals surface area contributed by atoms with Crippen molar-refractivity contribution >= 4 is 11.6 Å². The van der Waals surface area contributed by atoms with Crippen molar-refractivity contribution in [1.82, 2.24) is 0 Å². The molecule has 98 valence electrons. The lowest BCUT2D eigenvalue weighted by Gasteiger charge is -2.34. The Bertz CT molecular complexity index is 445. The Morgan fingerprint density at radius 3 is 2.94 bits per heavy atom. The Hall–Kier alpha value is -1.55. The summed E-state index contributed by atoms with van der Waals surface area (Å²) in [6.07, 6.45) is 1.80. The van der Waals surface area contributed by atoms with E-state index < -0.39 is 0 Å². The smallest absolute Gasteiger partial charge is 0.224 e. The number of carbonyl (C=O) groups is 1. The normalized spacial score (nSPS) is 18.2. The highest BCUT2D eigenvalue weighted by Gasteiger charge is 2.27. The Balaban J connectivity index is 2.36. The van der Waals surface area contributed by atoms with Crippen LogP contribution in [0.3, 0.4) is 0 Å². The molecule has 4 nitrogen and oxygen atoms in total. The molecule has 0 aliphatic carbocycles.